The smallest absolute Gasteiger partial charge is 0.201 e. The summed E-state index contributed by atoms with van der Waals surface area (Å²) in [5.74, 6) is -2.79. The highest BCUT2D eigenvalue weighted by atomic mass is 19.2. The van der Waals surface area contributed by atoms with E-state index in [1.54, 1.807) is 43.5 Å². The van der Waals surface area contributed by atoms with Crippen LogP contribution in [0.25, 0.3) is 16.7 Å². The van der Waals surface area contributed by atoms with Gasteiger partial charge in [0.25, 0.3) is 0 Å². The second-order valence-corrected chi connectivity index (χ2v) is 8.48. The molecule has 0 spiro atoms. The molecule has 6 heteroatoms. The van der Waals surface area contributed by atoms with Gasteiger partial charge in [-0.3, -0.25) is 0 Å². The quantitative estimate of drug-likeness (QED) is 0.329. The van der Waals surface area contributed by atoms with Crippen molar-refractivity contribution < 1.29 is 27.0 Å². The first kappa shape index (κ1) is 23.9. The Morgan fingerprint density at radius 3 is 2.12 bits per heavy atom. The molecule has 1 atom stereocenters. The molecule has 3 aromatic rings. The Morgan fingerprint density at radius 2 is 1.47 bits per heavy atom. The van der Waals surface area contributed by atoms with E-state index in [0.717, 1.165) is 12.0 Å². The number of ether oxygens (including phenoxy) is 2. The van der Waals surface area contributed by atoms with Gasteiger partial charge >= 0.3 is 0 Å². The van der Waals surface area contributed by atoms with Gasteiger partial charge in [-0.1, -0.05) is 30.3 Å². The van der Waals surface area contributed by atoms with Crippen molar-refractivity contribution in [1.82, 2.24) is 0 Å². The van der Waals surface area contributed by atoms with Gasteiger partial charge in [0.2, 0.25) is 5.82 Å². The summed E-state index contributed by atoms with van der Waals surface area (Å²) in [6, 6.07) is 13.0. The summed E-state index contributed by atoms with van der Waals surface area (Å²) in [5, 5.41) is 0. The molecule has 0 saturated carbocycles. The summed E-state index contributed by atoms with van der Waals surface area (Å²) >= 11 is 0. The van der Waals surface area contributed by atoms with Crippen molar-refractivity contribution in [2.45, 2.75) is 32.1 Å². The second kappa shape index (κ2) is 10.3. The number of aryl methyl sites for hydroxylation is 1. The lowest BCUT2D eigenvalue weighted by atomic mass is 9.83. The largest absolute Gasteiger partial charge is 0.497 e. The maximum Gasteiger partial charge on any atom is 0.201 e. The van der Waals surface area contributed by atoms with Crippen LogP contribution in [0.3, 0.4) is 0 Å². The molecule has 0 saturated heterocycles. The minimum absolute atomic E-state index is 0.122. The van der Waals surface area contributed by atoms with Gasteiger partial charge in [-0.05, 0) is 79.0 Å². The molecule has 1 aliphatic rings. The van der Waals surface area contributed by atoms with Crippen molar-refractivity contribution >= 4 is 5.57 Å². The summed E-state index contributed by atoms with van der Waals surface area (Å²) in [4.78, 5) is 0. The Bertz CT molecular complexity index is 1200. The highest BCUT2D eigenvalue weighted by molar-refractivity contribution is 5.68. The molecule has 0 heterocycles. The monoisotopic (exact) mass is 470 g/mol. The van der Waals surface area contributed by atoms with Crippen molar-refractivity contribution in [2.75, 3.05) is 14.2 Å². The van der Waals surface area contributed by atoms with Crippen LogP contribution in [0.5, 0.6) is 11.5 Å². The molecule has 3 aromatic carbocycles. The number of allylic oxidation sites excluding steroid dienone is 2. The lowest BCUT2D eigenvalue weighted by Gasteiger charge is -2.23. The number of hydrogen-bond acceptors (Lipinski definition) is 2. The van der Waals surface area contributed by atoms with Gasteiger partial charge in [-0.2, -0.15) is 4.39 Å². The standard InChI is InChI=1S/C28H26F4O2/c1-33-21-12-9-19(10-13-21)22-14-11-20(25(29)26(22)30)8-5-17-3-6-18(7-4-17)23-15-16-24(34-2)28(32)27(23)31/h6,9-17H,3-5,7-8H2,1-2H3. The topological polar surface area (TPSA) is 18.5 Å². The van der Waals surface area contributed by atoms with Gasteiger partial charge in [0, 0.05) is 11.1 Å². The number of rotatable bonds is 7. The molecule has 1 unspecified atom stereocenters. The zero-order chi connectivity index (χ0) is 24.2. The highest BCUT2D eigenvalue weighted by Gasteiger charge is 2.22. The molecule has 178 valence electrons. The Kier molecular flexibility index (Phi) is 7.25. The van der Waals surface area contributed by atoms with E-state index in [1.165, 1.54) is 19.2 Å². The van der Waals surface area contributed by atoms with Crippen LogP contribution in [0.15, 0.2) is 54.6 Å². The van der Waals surface area contributed by atoms with E-state index in [-0.39, 0.29) is 22.8 Å². The zero-order valence-corrected chi connectivity index (χ0v) is 19.1. The third-order valence-corrected chi connectivity index (χ3v) is 6.52. The molecule has 0 fully saturated rings. The number of hydrogen-bond donors (Lipinski definition) is 0. The van der Waals surface area contributed by atoms with Crippen LogP contribution in [0.2, 0.25) is 0 Å². The minimum Gasteiger partial charge on any atom is -0.497 e. The van der Waals surface area contributed by atoms with Crippen LogP contribution in [0.4, 0.5) is 17.6 Å². The first-order valence-corrected chi connectivity index (χ1v) is 11.3. The summed E-state index contributed by atoms with van der Waals surface area (Å²) in [6.07, 6.45) is 5.05. The summed E-state index contributed by atoms with van der Waals surface area (Å²) < 4.78 is 67.9. The van der Waals surface area contributed by atoms with E-state index < -0.39 is 23.3 Å². The van der Waals surface area contributed by atoms with E-state index in [9.17, 15) is 17.6 Å². The van der Waals surface area contributed by atoms with Crippen LogP contribution in [0, 0.1) is 29.2 Å². The van der Waals surface area contributed by atoms with Crippen LogP contribution in [-0.4, -0.2) is 14.2 Å². The van der Waals surface area contributed by atoms with Gasteiger partial charge < -0.3 is 9.47 Å². The highest BCUT2D eigenvalue weighted by Crippen LogP contribution is 2.36. The lowest BCUT2D eigenvalue weighted by molar-refractivity contribution is 0.371. The van der Waals surface area contributed by atoms with Crippen LogP contribution < -0.4 is 9.47 Å². The molecule has 2 nitrogen and oxygen atoms in total. The summed E-state index contributed by atoms with van der Waals surface area (Å²) in [5.41, 5.74) is 2.14. The predicted octanol–water partition coefficient (Wildman–Crippen LogP) is 7.74. The van der Waals surface area contributed by atoms with E-state index in [0.29, 0.717) is 42.6 Å². The molecule has 0 N–H and O–H groups in total. The van der Waals surface area contributed by atoms with Crippen molar-refractivity contribution in [3.8, 4) is 22.6 Å². The molecule has 0 radical (unpaired) electrons. The maximum absolute atomic E-state index is 14.8. The minimum atomic E-state index is -0.987. The van der Waals surface area contributed by atoms with E-state index in [4.69, 9.17) is 9.47 Å². The third-order valence-electron chi connectivity index (χ3n) is 6.52. The average Bonchev–Trinajstić information content (AvgIpc) is 2.87. The molecule has 0 aromatic heterocycles. The Hall–Kier alpha value is -3.28. The fraction of sp³-hybridized carbons (Fsp3) is 0.286. The van der Waals surface area contributed by atoms with Crippen molar-refractivity contribution in [3.05, 3.63) is 89.0 Å². The summed E-state index contributed by atoms with van der Waals surface area (Å²) in [7, 11) is 2.84. The normalized spacial score (nSPS) is 15.7. The molecule has 1 aliphatic carbocycles. The van der Waals surface area contributed by atoms with Gasteiger partial charge in [0.05, 0.1) is 14.2 Å². The Labute approximate surface area is 196 Å². The molecule has 4 rings (SSSR count). The van der Waals surface area contributed by atoms with Crippen LogP contribution in [0.1, 0.15) is 36.8 Å². The number of halogens is 4. The second-order valence-electron chi connectivity index (χ2n) is 8.48. The average molecular weight is 471 g/mol. The number of methoxy groups -OCH3 is 2. The van der Waals surface area contributed by atoms with E-state index in [2.05, 4.69) is 0 Å². The van der Waals surface area contributed by atoms with Gasteiger partial charge in [0.15, 0.2) is 23.2 Å². The fourth-order valence-electron chi connectivity index (χ4n) is 4.47. The molecule has 0 bridgehead atoms. The van der Waals surface area contributed by atoms with Crippen molar-refractivity contribution in [2.24, 2.45) is 5.92 Å². The van der Waals surface area contributed by atoms with Gasteiger partial charge in [-0.15, -0.1) is 0 Å². The predicted molar refractivity (Wildman–Crippen MR) is 125 cm³/mol. The van der Waals surface area contributed by atoms with E-state index in [1.807, 2.05) is 6.08 Å². The van der Waals surface area contributed by atoms with E-state index >= 15 is 0 Å². The lowest BCUT2D eigenvalue weighted by Crippen LogP contribution is -2.09. The Morgan fingerprint density at radius 1 is 0.765 bits per heavy atom. The SMILES string of the molecule is COc1ccc(-c2ccc(CCC3CC=C(c4ccc(OC)c(F)c4F)CC3)c(F)c2F)cc1. The Balaban J connectivity index is 1.41. The first-order chi connectivity index (χ1) is 16.4. The molecular weight excluding hydrogens is 444 g/mol. The van der Waals surface area contributed by atoms with Crippen molar-refractivity contribution in [3.63, 3.8) is 0 Å². The zero-order valence-electron chi connectivity index (χ0n) is 19.1. The third kappa shape index (κ3) is 4.81. The van der Waals surface area contributed by atoms with Crippen molar-refractivity contribution in [1.29, 1.82) is 0 Å². The molecule has 34 heavy (non-hydrogen) atoms. The summed E-state index contributed by atoms with van der Waals surface area (Å²) in [6.45, 7) is 0. The molecular formula is C28H26F4O2. The molecule has 0 amide bonds. The number of benzene rings is 3. The van der Waals surface area contributed by atoms with Crippen LogP contribution in [-0.2, 0) is 6.42 Å². The fourth-order valence-corrected chi connectivity index (χ4v) is 4.47. The maximum atomic E-state index is 14.8. The van der Waals surface area contributed by atoms with Gasteiger partial charge in [0.1, 0.15) is 5.75 Å². The molecule has 0 aliphatic heterocycles. The van der Waals surface area contributed by atoms with Gasteiger partial charge in [-0.25, -0.2) is 13.2 Å². The van der Waals surface area contributed by atoms with Crippen LogP contribution >= 0.6 is 0 Å². The first-order valence-electron chi connectivity index (χ1n) is 11.3.